The normalized spacial score (nSPS) is 24.5. The summed E-state index contributed by atoms with van der Waals surface area (Å²) < 4.78 is 10.4. The molecule has 0 spiro atoms. The second kappa shape index (κ2) is 3.60. The van der Waals surface area contributed by atoms with E-state index >= 15 is 0 Å². The topological polar surface area (TPSA) is 51.3 Å². The van der Waals surface area contributed by atoms with Crippen LogP contribution in [0.15, 0.2) is 18.3 Å². The van der Waals surface area contributed by atoms with Gasteiger partial charge >= 0.3 is 5.97 Å². The van der Waals surface area contributed by atoms with Gasteiger partial charge in [0.1, 0.15) is 0 Å². The van der Waals surface area contributed by atoms with Crippen LogP contribution in [0.1, 0.15) is 25.0 Å². The van der Waals surface area contributed by atoms with Gasteiger partial charge in [-0.15, -0.1) is 0 Å². The van der Waals surface area contributed by atoms with Crippen molar-refractivity contribution in [3.05, 3.63) is 24.0 Å². The van der Waals surface area contributed by atoms with Crippen LogP contribution in [0.5, 0.6) is 0 Å². The van der Waals surface area contributed by atoms with Gasteiger partial charge in [-0.25, -0.2) is 0 Å². The van der Waals surface area contributed by atoms with Crippen LogP contribution in [0.4, 0.5) is 0 Å². The molecule has 4 heteroatoms. The Bertz CT molecular complexity index is 416. The minimum atomic E-state index is -0.370. The first-order chi connectivity index (χ1) is 8.25. The van der Waals surface area contributed by atoms with Crippen molar-refractivity contribution in [2.24, 2.45) is 5.41 Å². The molecule has 2 aliphatic rings. The third kappa shape index (κ3) is 1.19. The van der Waals surface area contributed by atoms with Gasteiger partial charge in [-0.05, 0) is 25.0 Å². The van der Waals surface area contributed by atoms with Crippen molar-refractivity contribution in [2.75, 3.05) is 20.3 Å². The van der Waals surface area contributed by atoms with Gasteiger partial charge in [0.2, 0.25) is 0 Å². The molecular formula is C13H17NO3. The zero-order valence-electron chi connectivity index (χ0n) is 9.99. The molecule has 1 saturated carbocycles. The molecule has 0 radical (unpaired) electrons. The lowest BCUT2D eigenvalue weighted by atomic mass is 9.50. The number of hydrogen-bond acceptors (Lipinski definition) is 3. The SMILES string of the molecule is COC(=O)C1(C2(c3ccc[nH]3)COC2)CCC1. The average molecular weight is 235 g/mol. The molecule has 3 rings (SSSR count). The molecule has 17 heavy (non-hydrogen) atoms. The molecule has 92 valence electrons. The van der Waals surface area contributed by atoms with Crippen LogP contribution < -0.4 is 0 Å². The van der Waals surface area contributed by atoms with Crippen LogP contribution in [0.25, 0.3) is 0 Å². The summed E-state index contributed by atoms with van der Waals surface area (Å²) in [7, 11) is 1.48. The Kier molecular flexibility index (Phi) is 2.30. The molecule has 2 fully saturated rings. The standard InChI is InChI=1S/C13H17NO3/c1-16-11(15)12(5-3-6-12)13(8-17-9-13)10-4-2-7-14-10/h2,4,7,14H,3,5-6,8-9H2,1H3. The van der Waals surface area contributed by atoms with Crippen molar-refractivity contribution < 1.29 is 14.3 Å². The number of methoxy groups -OCH3 is 1. The Morgan fingerprint density at radius 1 is 1.47 bits per heavy atom. The summed E-state index contributed by atoms with van der Waals surface area (Å²) in [5.74, 6) is -0.0818. The Morgan fingerprint density at radius 2 is 2.24 bits per heavy atom. The molecular weight excluding hydrogens is 218 g/mol. The zero-order chi connectivity index (χ0) is 11.9. The van der Waals surface area contributed by atoms with Crippen LogP contribution in [-0.4, -0.2) is 31.3 Å². The van der Waals surface area contributed by atoms with Gasteiger partial charge in [0.15, 0.2) is 0 Å². The van der Waals surface area contributed by atoms with Crippen molar-refractivity contribution in [3.63, 3.8) is 0 Å². The van der Waals surface area contributed by atoms with Gasteiger partial charge in [0.05, 0.1) is 31.2 Å². The highest BCUT2D eigenvalue weighted by Crippen LogP contribution is 2.58. The number of aromatic amines is 1. The predicted octanol–water partition coefficient (Wildman–Crippen LogP) is 1.63. The first-order valence-electron chi connectivity index (χ1n) is 6.05. The number of nitrogens with one attached hydrogen (secondary N) is 1. The van der Waals surface area contributed by atoms with Crippen LogP contribution in [-0.2, 0) is 19.7 Å². The summed E-state index contributed by atoms with van der Waals surface area (Å²) in [6.07, 6.45) is 4.81. The van der Waals surface area contributed by atoms with E-state index in [9.17, 15) is 4.79 Å². The molecule has 4 nitrogen and oxygen atoms in total. The number of rotatable bonds is 3. The van der Waals surface area contributed by atoms with E-state index in [0.29, 0.717) is 13.2 Å². The minimum absolute atomic E-state index is 0.0818. The van der Waals surface area contributed by atoms with Crippen molar-refractivity contribution in [3.8, 4) is 0 Å². The summed E-state index contributed by atoms with van der Waals surface area (Å²) in [4.78, 5) is 15.4. The zero-order valence-corrected chi connectivity index (χ0v) is 9.99. The lowest BCUT2D eigenvalue weighted by molar-refractivity contribution is -0.195. The van der Waals surface area contributed by atoms with Gasteiger partial charge in [0.25, 0.3) is 0 Å². The summed E-state index contributed by atoms with van der Waals surface area (Å²) >= 11 is 0. The Balaban J connectivity index is 2.02. The second-order valence-electron chi connectivity index (χ2n) is 5.09. The molecule has 1 aromatic rings. The number of esters is 1. The number of carbonyl (C=O) groups is 1. The van der Waals surface area contributed by atoms with E-state index in [1.807, 2.05) is 18.3 Å². The monoisotopic (exact) mass is 235 g/mol. The average Bonchev–Trinajstić information content (AvgIpc) is 2.72. The smallest absolute Gasteiger partial charge is 0.312 e. The molecule has 0 bridgehead atoms. The van der Waals surface area contributed by atoms with E-state index < -0.39 is 0 Å². The van der Waals surface area contributed by atoms with Gasteiger partial charge in [-0.3, -0.25) is 4.79 Å². The lowest BCUT2D eigenvalue weighted by Gasteiger charge is -2.57. The highest BCUT2D eigenvalue weighted by Gasteiger charge is 2.65. The van der Waals surface area contributed by atoms with Crippen LogP contribution in [0, 0.1) is 5.41 Å². The summed E-state index contributed by atoms with van der Waals surface area (Å²) in [5.41, 5.74) is 0.543. The predicted molar refractivity (Wildman–Crippen MR) is 61.6 cm³/mol. The maximum atomic E-state index is 12.2. The Hall–Kier alpha value is -1.29. The molecule has 0 aromatic carbocycles. The summed E-state index contributed by atoms with van der Waals surface area (Å²) in [5, 5.41) is 0. The highest BCUT2D eigenvalue weighted by molar-refractivity contribution is 5.80. The van der Waals surface area contributed by atoms with Crippen molar-refractivity contribution in [1.82, 2.24) is 4.98 Å². The molecule has 2 heterocycles. The number of ether oxygens (including phenoxy) is 2. The van der Waals surface area contributed by atoms with Crippen molar-refractivity contribution in [1.29, 1.82) is 0 Å². The van der Waals surface area contributed by atoms with E-state index in [4.69, 9.17) is 9.47 Å². The van der Waals surface area contributed by atoms with E-state index in [-0.39, 0.29) is 16.8 Å². The molecule has 1 saturated heterocycles. The van der Waals surface area contributed by atoms with Crippen molar-refractivity contribution >= 4 is 5.97 Å². The maximum Gasteiger partial charge on any atom is 0.312 e. The van der Waals surface area contributed by atoms with Crippen molar-refractivity contribution in [2.45, 2.75) is 24.7 Å². The number of aromatic nitrogens is 1. The third-order valence-corrected chi connectivity index (χ3v) is 4.51. The largest absolute Gasteiger partial charge is 0.469 e. The molecule has 1 N–H and O–H groups in total. The fourth-order valence-corrected chi connectivity index (χ4v) is 3.23. The van der Waals surface area contributed by atoms with E-state index in [0.717, 1.165) is 25.0 Å². The van der Waals surface area contributed by atoms with Crippen LogP contribution >= 0.6 is 0 Å². The first kappa shape index (κ1) is 10.8. The number of carbonyl (C=O) groups excluding carboxylic acids is 1. The molecule has 0 amide bonds. The molecule has 1 aliphatic heterocycles. The lowest BCUT2D eigenvalue weighted by Crippen LogP contribution is -2.65. The molecule has 0 unspecified atom stereocenters. The quantitative estimate of drug-likeness (QED) is 0.810. The number of hydrogen-bond donors (Lipinski definition) is 1. The minimum Gasteiger partial charge on any atom is -0.469 e. The van der Waals surface area contributed by atoms with Crippen LogP contribution in [0.2, 0.25) is 0 Å². The van der Waals surface area contributed by atoms with E-state index in [1.165, 1.54) is 7.11 Å². The Labute approximate surface area is 100 Å². The van der Waals surface area contributed by atoms with Gasteiger partial charge < -0.3 is 14.5 Å². The maximum absolute atomic E-state index is 12.2. The molecule has 0 atom stereocenters. The fourth-order valence-electron chi connectivity index (χ4n) is 3.23. The molecule has 1 aromatic heterocycles. The van der Waals surface area contributed by atoms with Crippen LogP contribution in [0.3, 0.4) is 0 Å². The third-order valence-electron chi connectivity index (χ3n) is 4.51. The Morgan fingerprint density at radius 3 is 2.59 bits per heavy atom. The highest BCUT2D eigenvalue weighted by atomic mass is 16.5. The van der Waals surface area contributed by atoms with Gasteiger partial charge in [0, 0.05) is 11.9 Å². The second-order valence-corrected chi connectivity index (χ2v) is 5.09. The number of H-pyrrole nitrogens is 1. The fraction of sp³-hybridized carbons (Fsp3) is 0.615. The molecule has 1 aliphatic carbocycles. The van der Waals surface area contributed by atoms with Gasteiger partial charge in [-0.1, -0.05) is 6.42 Å². The summed E-state index contributed by atoms with van der Waals surface area (Å²) in [6, 6.07) is 4.02. The summed E-state index contributed by atoms with van der Waals surface area (Å²) in [6.45, 7) is 1.23. The van der Waals surface area contributed by atoms with E-state index in [2.05, 4.69) is 4.98 Å². The first-order valence-corrected chi connectivity index (χ1v) is 6.05. The van der Waals surface area contributed by atoms with E-state index in [1.54, 1.807) is 0 Å². The van der Waals surface area contributed by atoms with Gasteiger partial charge in [-0.2, -0.15) is 0 Å².